The van der Waals surface area contributed by atoms with Crippen molar-refractivity contribution in [3.63, 3.8) is 0 Å². The molecule has 0 radical (unpaired) electrons. The third kappa shape index (κ3) is 4.67. The Hall–Kier alpha value is -3.13. The third-order valence-electron chi connectivity index (χ3n) is 7.19. The van der Waals surface area contributed by atoms with Crippen LogP contribution in [0.4, 0.5) is 18.9 Å². The highest BCUT2D eigenvalue weighted by Crippen LogP contribution is 2.50. The van der Waals surface area contributed by atoms with Crippen molar-refractivity contribution >= 4 is 22.8 Å². The predicted molar refractivity (Wildman–Crippen MR) is 135 cm³/mol. The van der Waals surface area contributed by atoms with Gasteiger partial charge in [0.2, 0.25) is 0 Å². The zero-order chi connectivity index (χ0) is 26.3. The second-order valence-corrected chi connectivity index (χ2v) is 10.7. The van der Waals surface area contributed by atoms with Crippen LogP contribution in [0.25, 0.3) is 0 Å². The van der Waals surface area contributed by atoms with Crippen molar-refractivity contribution in [2.75, 3.05) is 31.2 Å². The molecule has 0 amide bonds. The number of benzene rings is 1. The number of nitrogens with two attached hydrogens (primary N) is 1. The molecule has 1 aromatic carbocycles. The molecule has 37 heavy (non-hydrogen) atoms. The molecule has 3 heterocycles. The molecule has 1 saturated heterocycles. The van der Waals surface area contributed by atoms with Crippen molar-refractivity contribution in [3.05, 3.63) is 73.9 Å². The monoisotopic (exact) mass is 528 g/mol. The van der Waals surface area contributed by atoms with Crippen molar-refractivity contribution in [2.24, 2.45) is 5.73 Å². The van der Waals surface area contributed by atoms with Crippen LogP contribution in [0.5, 0.6) is 0 Å². The summed E-state index contributed by atoms with van der Waals surface area (Å²) in [6, 6.07) is 9.32. The number of aryl methyl sites for hydroxylation is 1. The zero-order valence-electron chi connectivity index (χ0n) is 20.4. The van der Waals surface area contributed by atoms with E-state index in [2.05, 4.69) is 11.0 Å². The number of nitrogens with zero attached hydrogens (tertiary/aromatic N) is 3. The molecule has 2 N–H and O–H groups in total. The van der Waals surface area contributed by atoms with Gasteiger partial charge in [-0.2, -0.15) is 18.4 Å². The number of carbonyl (C=O) groups is 1. The largest absolute Gasteiger partial charge is 0.418 e. The van der Waals surface area contributed by atoms with E-state index in [-0.39, 0.29) is 29.3 Å². The van der Waals surface area contributed by atoms with Crippen LogP contribution in [0.15, 0.2) is 53.0 Å². The Morgan fingerprint density at radius 2 is 1.95 bits per heavy atom. The number of para-hydroxylation sites is 1. The Labute approximate surface area is 217 Å². The summed E-state index contributed by atoms with van der Waals surface area (Å²) in [6.07, 6.45) is -3.43. The smallest absolute Gasteiger partial charge is 0.384 e. The summed E-state index contributed by atoms with van der Waals surface area (Å²) in [5, 5.41) is 10.2. The van der Waals surface area contributed by atoms with Gasteiger partial charge in [0.1, 0.15) is 5.82 Å². The van der Waals surface area contributed by atoms with Gasteiger partial charge >= 0.3 is 6.18 Å². The molecule has 1 unspecified atom stereocenters. The molecule has 194 valence electrons. The predicted octanol–water partition coefficient (Wildman–Crippen LogP) is 5.21. The van der Waals surface area contributed by atoms with E-state index in [1.54, 1.807) is 0 Å². The SMILES string of the molecule is Cc1sc(C2C(C#N)=C(N)N(c3ccccc3C(F)(F)F)C3=C2C(=O)CCC3)cc1CN1CCOCC1. The second kappa shape index (κ2) is 9.97. The minimum Gasteiger partial charge on any atom is -0.384 e. The van der Waals surface area contributed by atoms with Crippen LogP contribution in [-0.4, -0.2) is 37.0 Å². The molecular formula is C27H27F3N4O2S. The average molecular weight is 529 g/mol. The lowest BCUT2D eigenvalue weighted by Gasteiger charge is -2.40. The van der Waals surface area contributed by atoms with Crippen LogP contribution in [-0.2, 0) is 22.3 Å². The first-order valence-electron chi connectivity index (χ1n) is 12.2. The van der Waals surface area contributed by atoms with Crippen LogP contribution in [0.3, 0.4) is 0 Å². The lowest BCUT2D eigenvalue weighted by Crippen LogP contribution is -2.39. The quantitative estimate of drug-likeness (QED) is 0.587. The number of rotatable bonds is 4. The Balaban J connectivity index is 1.63. The molecule has 1 aliphatic carbocycles. The summed E-state index contributed by atoms with van der Waals surface area (Å²) in [7, 11) is 0. The summed E-state index contributed by atoms with van der Waals surface area (Å²) < 4.78 is 47.3. The molecule has 0 bridgehead atoms. The maximum atomic E-state index is 13.9. The maximum absolute atomic E-state index is 13.9. The first-order valence-corrected chi connectivity index (χ1v) is 13.0. The van der Waals surface area contributed by atoms with Crippen molar-refractivity contribution < 1.29 is 22.7 Å². The molecule has 0 saturated carbocycles. The fraction of sp³-hybridized carbons (Fsp3) is 0.407. The Morgan fingerprint density at radius 1 is 1.22 bits per heavy atom. The Morgan fingerprint density at radius 3 is 2.65 bits per heavy atom. The van der Waals surface area contributed by atoms with Gasteiger partial charge in [-0.1, -0.05) is 12.1 Å². The number of allylic oxidation sites excluding steroid dienone is 3. The lowest BCUT2D eigenvalue weighted by molar-refractivity contribution is -0.137. The van der Waals surface area contributed by atoms with E-state index in [1.165, 1.54) is 34.4 Å². The van der Waals surface area contributed by atoms with Gasteiger partial charge in [-0.15, -0.1) is 11.3 Å². The van der Waals surface area contributed by atoms with E-state index in [9.17, 15) is 23.2 Å². The normalized spacial score (nSPS) is 21.3. The summed E-state index contributed by atoms with van der Waals surface area (Å²) >= 11 is 1.51. The number of halogens is 3. The van der Waals surface area contributed by atoms with Gasteiger partial charge in [0.25, 0.3) is 0 Å². The number of ether oxygens (including phenoxy) is 1. The molecule has 1 atom stereocenters. The minimum absolute atomic E-state index is 0.0570. The summed E-state index contributed by atoms with van der Waals surface area (Å²) in [6.45, 7) is 5.74. The Kier molecular flexibility index (Phi) is 6.88. The molecule has 6 nitrogen and oxygen atoms in total. The van der Waals surface area contributed by atoms with E-state index in [1.807, 2.05) is 13.0 Å². The van der Waals surface area contributed by atoms with E-state index >= 15 is 0 Å². The van der Waals surface area contributed by atoms with E-state index in [0.717, 1.165) is 41.0 Å². The van der Waals surface area contributed by atoms with Crippen LogP contribution in [0.1, 0.15) is 46.1 Å². The fourth-order valence-corrected chi connectivity index (χ4v) is 6.56. The van der Waals surface area contributed by atoms with Crippen LogP contribution in [0.2, 0.25) is 0 Å². The number of hydrogen-bond donors (Lipinski definition) is 1. The summed E-state index contributed by atoms with van der Waals surface area (Å²) in [5.41, 5.74) is 7.52. The number of ketones is 1. The first-order chi connectivity index (χ1) is 17.7. The number of anilines is 1. The minimum atomic E-state index is -4.63. The first kappa shape index (κ1) is 25.5. The van der Waals surface area contributed by atoms with Gasteiger partial charge in [-0.25, -0.2) is 0 Å². The standard InChI is InChI=1S/C27H27F3N4O2S/c1-16-17(15-33-9-11-36-12-10-33)13-23(37-16)24-18(14-31)26(32)34(21-7-4-8-22(35)25(21)24)20-6-3-2-5-19(20)27(28,29)30/h2-3,5-6,13,24H,4,7-12,15,32H2,1H3. The van der Waals surface area contributed by atoms with Crippen molar-refractivity contribution in [2.45, 2.75) is 44.8 Å². The van der Waals surface area contributed by atoms with Crippen LogP contribution < -0.4 is 10.6 Å². The lowest BCUT2D eigenvalue weighted by atomic mass is 9.78. The van der Waals surface area contributed by atoms with E-state index < -0.39 is 17.7 Å². The third-order valence-corrected chi connectivity index (χ3v) is 8.34. The zero-order valence-corrected chi connectivity index (χ0v) is 21.2. The van der Waals surface area contributed by atoms with Gasteiger partial charge in [-0.3, -0.25) is 14.6 Å². The number of thiophene rings is 1. The highest BCUT2D eigenvalue weighted by Gasteiger charge is 2.43. The molecule has 0 spiro atoms. The van der Waals surface area contributed by atoms with Crippen molar-refractivity contribution in [1.29, 1.82) is 5.26 Å². The number of Topliss-reactive ketones (excluding diaryl/α,β-unsaturated/α-hetero) is 1. The molecule has 5 rings (SSSR count). The number of nitriles is 1. The molecule has 2 aromatic rings. The van der Waals surface area contributed by atoms with Crippen LogP contribution in [0, 0.1) is 18.3 Å². The number of hydrogen-bond acceptors (Lipinski definition) is 7. The van der Waals surface area contributed by atoms with Crippen molar-refractivity contribution in [1.82, 2.24) is 4.90 Å². The number of alkyl halides is 3. The van der Waals surface area contributed by atoms with Gasteiger partial charge in [-0.05, 0) is 43.5 Å². The average Bonchev–Trinajstić information content (AvgIpc) is 3.23. The molecule has 3 aliphatic rings. The number of carbonyl (C=O) groups excluding carboxylic acids is 1. The highest BCUT2D eigenvalue weighted by atomic mass is 32.1. The summed E-state index contributed by atoms with van der Waals surface area (Å²) in [4.78, 5) is 18.8. The van der Waals surface area contributed by atoms with Gasteiger partial charge in [0, 0.05) is 47.1 Å². The topological polar surface area (TPSA) is 82.6 Å². The number of morpholine rings is 1. The molecule has 2 aliphatic heterocycles. The summed E-state index contributed by atoms with van der Waals surface area (Å²) in [5.74, 6) is -0.899. The molecular weight excluding hydrogens is 501 g/mol. The molecule has 10 heteroatoms. The van der Waals surface area contributed by atoms with Crippen molar-refractivity contribution in [3.8, 4) is 6.07 Å². The molecule has 1 fully saturated rings. The highest BCUT2D eigenvalue weighted by molar-refractivity contribution is 7.12. The van der Waals surface area contributed by atoms with Gasteiger partial charge in [0.15, 0.2) is 5.78 Å². The Bertz CT molecular complexity index is 1330. The second-order valence-electron chi connectivity index (χ2n) is 9.45. The van der Waals surface area contributed by atoms with E-state index in [0.29, 0.717) is 37.3 Å². The maximum Gasteiger partial charge on any atom is 0.418 e. The van der Waals surface area contributed by atoms with Gasteiger partial charge in [0.05, 0.1) is 42.0 Å². The molecule has 1 aromatic heterocycles. The fourth-order valence-electron chi connectivity index (χ4n) is 5.40. The van der Waals surface area contributed by atoms with Crippen LogP contribution >= 0.6 is 11.3 Å². The van der Waals surface area contributed by atoms with E-state index in [4.69, 9.17) is 10.5 Å². The van der Waals surface area contributed by atoms with Gasteiger partial charge < -0.3 is 10.5 Å².